The zero-order chi connectivity index (χ0) is 11.5. The molecule has 1 aromatic heterocycles. The lowest BCUT2D eigenvalue weighted by Crippen LogP contribution is -2.28. The van der Waals surface area contributed by atoms with E-state index in [1.54, 1.807) is 6.20 Å². The standard InChI is InChI=1S/C13H19NO2/c1-9-4-3-6-14-12(9)8-13(15)11-5-7-16-10(11)2/h3-4,6,10-11,13,15H,5,7-8H2,1-2H3. The Bertz CT molecular complexity index is 354. The molecular weight excluding hydrogens is 202 g/mol. The fourth-order valence-corrected chi connectivity index (χ4v) is 2.34. The molecule has 0 aliphatic carbocycles. The highest BCUT2D eigenvalue weighted by Gasteiger charge is 2.31. The van der Waals surface area contributed by atoms with Gasteiger partial charge in [-0.3, -0.25) is 4.98 Å². The minimum Gasteiger partial charge on any atom is -0.392 e. The van der Waals surface area contributed by atoms with Crippen molar-refractivity contribution < 1.29 is 9.84 Å². The Morgan fingerprint density at radius 2 is 2.44 bits per heavy atom. The lowest BCUT2D eigenvalue weighted by atomic mass is 9.92. The fourth-order valence-electron chi connectivity index (χ4n) is 2.34. The summed E-state index contributed by atoms with van der Waals surface area (Å²) in [6, 6.07) is 3.95. The van der Waals surface area contributed by atoms with Crippen molar-refractivity contribution in [2.75, 3.05) is 6.61 Å². The van der Waals surface area contributed by atoms with Gasteiger partial charge in [0.25, 0.3) is 0 Å². The summed E-state index contributed by atoms with van der Waals surface area (Å²) in [5.41, 5.74) is 2.14. The van der Waals surface area contributed by atoms with E-state index in [1.165, 1.54) is 0 Å². The van der Waals surface area contributed by atoms with Crippen LogP contribution < -0.4 is 0 Å². The summed E-state index contributed by atoms with van der Waals surface area (Å²) in [6.45, 7) is 4.83. The highest BCUT2D eigenvalue weighted by molar-refractivity contribution is 5.18. The van der Waals surface area contributed by atoms with E-state index in [0.29, 0.717) is 6.42 Å². The first-order chi connectivity index (χ1) is 7.68. The number of hydrogen-bond donors (Lipinski definition) is 1. The second-order valence-corrected chi connectivity index (χ2v) is 4.57. The summed E-state index contributed by atoms with van der Waals surface area (Å²) in [6.07, 6.45) is 3.19. The first-order valence-corrected chi connectivity index (χ1v) is 5.88. The van der Waals surface area contributed by atoms with Crippen molar-refractivity contribution in [2.24, 2.45) is 5.92 Å². The van der Waals surface area contributed by atoms with Crippen LogP contribution in [0.15, 0.2) is 18.3 Å². The van der Waals surface area contributed by atoms with Crippen molar-refractivity contribution in [3.63, 3.8) is 0 Å². The van der Waals surface area contributed by atoms with Crippen LogP contribution in [0.4, 0.5) is 0 Å². The van der Waals surface area contributed by atoms with Crippen LogP contribution in [-0.2, 0) is 11.2 Å². The van der Waals surface area contributed by atoms with Gasteiger partial charge in [-0.25, -0.2) is 0 Å². The number of hydrogen-bond acceptors (Lipinski definition) is 3. The Morgan fingerprint density at radius 1 is 1.62 bits per heavy atom. The molecule has 3 heteroatoms. The van der Waals surface area contributed by atoms with Crippen molar-refractivity contribution in [2.45, 2.75) is 38.9 Å². The first kappa shape index (κ1) is 11.6. The lowest BCUT2D eigenvalue weighted by Gasteiger charge is -2.21. The van der Waals surface area contributed by atoms with Crippen LogP contribution >= 0.6 is 0 Å². The molecule has 0 saturated carbocycles. The van der Waals surface area contributed by atoms with E-state index in [1.807, 2.05) is 26.0 Å². The summed E-state index contributed by atoms with van der Waals surface area (Å²) in [4.78, 5) is 4.31. The van der Waals surface area contributed by atoms with Crippen molar-refractivity contribution in [1.29, 1.82) is 0 Å². The molecular formula is C13H19NO2. The van der Waals surface area contributed by atoms with E-state index in [2.05, 4.69) is 4.98 Å². The van der Waals surface area contributed by atoms with Gasteiger partial charge in [0.2, 0.25) is 0 Å². The van der Waals surface area contributed by atoms with Crippen molar-refractivity contribution in [3.05, 3.63) is 29.6 Å². The maximum atomic E-state index is 10.2. The van der Waals surface area contributed by atoms with Crippen molar-refractivity contribution in [1.82, 2.24) is 4.98 Å². The summed E-state index contributed by atoms with van der Waals surface area (Å²) in [5.74, 6) is 0.251. The summed E-state index contributed by atoms with van der Waals surface area (Å²) >= 11 is 0. The van der Waals surface area contributed by atoms with Gasteiger partial charge in [0, 0.05) is 30.8 Å². The molecule has 1 fully saturated rings. The van der Waals surface area contributed by atoms with Crippen LogP contribution in [0.2, 0.25) is 0 Å². The smallest absolute Gasteiger partial charge is 0.0649 e. The van der Waals surface area contributed by atoms with Gasteiger partial charge in [-0.1, -0.05) is 6.07 Å². The molecule has 0 radical (unpaired) electrons. The average molecular weight is 221 g/mol. The zero-order valence-electron chi connectivity index (χ0n) is 9.89. The van der Waals surface area contributed by atoms with Gasteiger partial charge in [0.05, 0.1) is 12.2 Å². The van der Waals surface area contributed by atoms with Gasteiger partial charge >= 0.3 is 0 Å². The van der Waals surface area contributed by atoms with Crippen LogP contribution in [0.5, 0.6) is 0 Å². The fraction of sp³-hybridized carbons (Fsp3) is 0.615. The van der Waals surface area contributed by atoms with Gasteiger partial charge in [0.15, 0.2) is 0 Å². The number of nitrogens with zero attached hydrogens (tertiary/aromatic N) is 1. The van der Waals surface area contributed by atoms with E-state index in [-0.39, 0.29) is 18.1 Å². The Hall–Kier alpha value is -0.930. The summed E-state index contributed by atoms with van der Waals surface area (Å²) in [5, 5.41) is 10.2. The second-order valence-electron chi connectivity index (χ2n) is 4.57. The van der Waals surface area contributed by atoms with Gasteiger partial charge < -0.3 is 9.84 Å². The molecule has 1 aromatic rings. The van der Waals surface area contributed by atoms with E-state index in [4.69, 9.17) is 4.74 Å². The largest absolute Gasteiger partial charge is 0.392 e. The van der Waals surface area contributed by atoms with Gasteiger partial charge in [-0.2, -0.15) is 0 Å². The lowest BCUT2D eigenvalue weighted by molar-refractivity contribution is 0.0435. The van der Waals surface area contributed by atoms with Crippen molar-refractivity contribution in [3.8, 4) is 0 Å². The Labute approximate surface area is 96.5 Å². The minimum absolute atomic E-state index is 0.166. The summed E-state index contributed by atoms with van der Waals surface area (Å²) in [7, 11) is 0. The normalized spacial score (nSPS) is 26.9. The topological polar surface area (TPSA) is 42.4 Å². The number of rotatable bonds is 3. The number of aliphatic hydroxyl groups is 1. The molecule has 2 heterocycles. The monoisotopic (exact) mass is 221 g/mol. The Kier molecular flexibility index (Phi) is 3.56. The van der Waals surface area contributed by atoms with Crippen LogP contribution in [0.25, 0.3) is 0 Å². The van der Waals surface area contributed by atoms with Crippen LogP contribution in [0.1, 0.15) is 24.6 Å². The summed E-state index contributed by atoms with van der Waals surface area (Å²) < 4.78 is 5.47. The van der Waals surface area contributed by atoms with E-state index in [9.17, 15) is 5.11 Å². The van der Waals surface area contributed by atoms with E-state index < -0.39 is 0 Å². The second kappa shape index (κ2) is 4.93. The number of aromatic nitrogens is 1. The van der Waals surface area contributed by atoms with E-state index in [0.717, 1.165) is 24.3 Å². The Balaban J connectivity index is 2.02. The first-order valence-electron chi connectivity index (χ1n) is 5.88. The number of ether oxygens (including phenoxy) is 1. The maximum absolute atomic E-state index is 10.2. The number of aliphatic hydroxyl groups excluding tert-OH is 1. The van der Waals surface area contributed by atoms with E-state index >= 15 is 0 Å². The molecule has 1 saturated heterocycles. The molecule has 2 rings (SSSR count). The number of aryl methyl sites for hydroxylation is 1. The predicted molar refractivity (Wildman–Crippen MR) is 62.2 cm³/mol. The SMILES string of the molecule is Cc1cccnc1CC(O)C1CCOC1C. The Morgan fingerprint density at radius 3 is 3.06 bits per heavy atom. The molecule has 0 aromatic carbocycles. The molecule has 0 spiro atoms. The molecule has 1 aliphatic heterocycles. The highest BCUT2D eigenvalue weighted by Crippen LogP contribution is 2.25. The highest BCUT2D eigenvalue weighted by atomic mass is 16.5. The molecule has 3 nitrogen and oxygen atoms in total. The third kappa shape index (κ3) is 2.42. The molecule has 88 valence electrons. The maximum Gasteiger partial charge on any atom is 0.0649 e. The third-order valence-corrected chi connectivity index (χ3v) is 3.45. The predicted octanol–water partition coefficient (Wildman–Crippen LogP) is 1.72. The average Bonchev–Trinajstić information content (AvgIpc) is 2.68. The van der Waals surface area contributed by atoms with Crippen molar-refractivity contribution >= 4 is 0 Å². The minimum atomic E-state index is -0.342. The molecule has 16 heavy (non-hydrogen) atoms. The zero-order valence-corrected chi connectivity index (χ0v) is 9.89. The molecule has 3 atom stereocenters. The molecule has 3 unspecified atom stereocenters. The van der Waals surface area contributed by atoms with Crippen LogP contribution in [-0.4, -0.2) is 28.9 Å². The van der Waals surface area contributed by atoms with Crippen LogP contribution in [0.3, 0.4) is 0 Å². The van der Waals surface area contributed by atoms with Gasteiger partial charge in [-0.15, -0.1) is 0 Å². The van der Waals surface area contributed by atoms with Crippen LogP contribution in [0, 0.1) is 12.8 Å². The third-order valence-electron chi connectivity index (χ3n) is 3.45. The molecule has 0 amide bonds. The quantitative estimate of drug-likeness (QED) is 0.845. The molecule has 1 aliphatic rings. The number of pyridine rings is 1. The van der Waals surface area contributed by atoms with Gasteiger partial charge in [-0.05, 0) is 31.9 Å². The molecule has 0 bridgehead atoms. The van der Waals surface area contributed by atoms with Gasteiger partial charge in [0.1, 0.15) is 0 Å². The molecule has 1 N–H and O–H groups in total.